The molecule has 3 N–H and O–H groups in total. The fraction of sp³-hybridized carbons (Fsp3) is 0.750. The molecule has 1 heterocycles. The lowest BCUT2D eigenvalue weighted by molar-refractivity contribution is 0.652. The lowest BCUT2D eigenvalue weighted by Gasteiger charge is -2.00. The van der Waals surface area contributed by atoms with E-state index in [1.54, 1.807) is 0 Å². The molecule has 1 saturated carbocycles. The smallest absolute Gasteiger partial charge is 0.167 e. The number of nitrogens with two attached hydrogens (primary N) is 1. The van der Waals surface area contributed by atoms with Crippen LogP contribution >= 0.6 is 0 Å². The van der Waals surface area contributed by atoms with Gasteiger partial charge in [0, 0.05) is 5.92 Å². The van der Waals surface area contributed by atoms with Crippen molar-refractivity contribution in [1.82, 2.24) is 15.2 Å². The number of rotatable bonds is 3. The van der Waals surface area contributed by atoms with Crippen molar-refractivity contribution < 1.29 is 0 Å². The first kappa shape index (κ1) is 7.73. The van der Waals surface area contributed by atoms with Crippen molar-refractivity contribution in [2.75, 3.05) is 0 Å². The number of hydrogen-bond acceptors (Lipinski definition) is 3. The molecule has 1 atom stereocenters. The third-order valence-electron chi connectivity index (χ3n) is 2.26. The Balaban J connectivity index is 2.12. The average Bonchev–Trinajstić information content (AvgIpc) is 2.83. The van der Waals surface area contributed by atoms with Crippen molar-refractivity contribution in [3.63, 3.8) is 0 Å². The highest BCUT2D eigenvalue weighted by Crippen LogP contribution is 2.37. The lowest BCUT2D eigenvalue weighted by Crippen LogP contribution is -2.10. The second-order valence-corrected chi connectivity index (χ2v) is 3.37. The first-order valence-electron chi connectivity index (χ1n) is 4.49. The van der Waals surface area contributed by atoms with Crippen molar-refractivity contribution >= 4 is 0 Å². The third-order valence-corrected chi connectivity index (χ3v) is 2.26. The molecular weight excluding hydrogens is 152 g/mol. The number of aromatic amines is 1. The summed E-state index contributed by atoms with van der Waals surface area (Å²) in [5, 5.41) is 7.03. The Labute approximate surface area is 71.6 Å². The zero-order valence-corrected chi connectivity index (χ0v) is 7.25. The normalized spacial score (nSPS) is 19.5. The van der Waals surface area contributed by atoms with E-state index in [1.165, 1.54) is 12.8 Å². The molecule has 0 aliphatic heterocycles. The maximum absolute atomic E-state index is 5.78. The van der Waals surface area contributed by atoms with Crippen LogP contribution in [0.4, 0.5) is 0 Å². The first-order chi connectivity index (χ1) is 5.81. The van der Waals surface area contributed by atoms with Crippen LogP contribution in [0.25, 0.3) is 0 Å². The summed E-state index contributed by atoms with van der Waals surface area (Å²) >= 11 is 0. The number of H-pyrrole nitrogens is 1. The maximum Gasteiger partial charge on any atom is 0.167 e. The Bertz CT molecular complexity index is 264. The second kappa shape index (κ2) is 2.86. The van der Waals surface area contributed by atoms with Crippen molar-refractivity contribution in [2.45, 2.75) is 38.1 Å². The summed E-state index contributed by atoms with van der Waals surface area (Å²) in [4.78, 5) is 4.35. The van der Waals surface area contributed by atoms with Gasteiger partial charge in [-0.25, -0.2) is 4.98 Å². The number of nitrogens with zero attached hydrogens (tertiary/aromatic N) is 2. The van der Waals surface area contributed by atoms with Gasteiger partial charge < -0.3 is 5.73 Å². The molecule has 0 unspecified atom stereocenters. The molecule has 0 radical (unpaired) electrons. The molecule has 1 aromatic heterocycles. The van der Waals surface area contributed by atoms with Crippen LogP contribution in [0.15, 0.2) is 0 Å². The average molecular weight is 166 g/mol. The summed E-state index contributed by atoms with van der Waals surface area (Å²) in [6.07, 6.45) is 3.38. The minimum Gasteiger partial charge on any atom is -0.321 e. The minimum atomic E-state index is -0.00579. The molecule has 66 valence electrons. The molecule has 4 nitrogen and oxygen atoms in total. The zero-order chi connectivity index (χ0) is 8.55. The summed E-state index contributed by atoms with van der Waals surface area (Å²) in [7, 11) is 0. The van der Waals surface area contributed by atoms with Crippen LogP contribution < -0.4 is 5.73 Å². The van der Waals surface area contributed by atoms with E-state index >= 15 is 0 Å². The fourth-order valence-electron chi connectivity index (χ4n) is 1.18. The molecule has 0 bridgehead atoms. The Kier molecular flexibility index (Phi) is 1.84. The molecule has 0 amide bonds. The van der Waals surface area contributed by atoms with Crippen molar-refractivity contribution in [3.8, 4) is 0 Å². The van der Waals surface area contributed by atoms with Crippen LogP contribution in [-0.4, -0.2) is 15.2 Å². The summed E-state index contributed by atoms with van der Waals surface area (Å²) in [6, 6.07) is -0.00579. The van der Waals surface area contributed by atoms with Gasteiger partial charge in [-0.05, 0) is 19.3 Å². The van der Waals surface area contributed by atoms with Crippen molar-refractivity contribution in [2.24, 2.45) is 5.73 Å². The Hall–Kier alpha value is -0.900. The van der Waals surface area contributed by atoms with E-state index in [2.05, 4.69) is 15.2 Å². The predicted octanol–water partition coefficient (Wildman–Crippen LogP) is 1.09. The van der Waals surface area contributed by atoms with Crippen LogP contribution in [0, 0.1) is 0 Å². The lowest BCUT2D eigenvalue weighted by atomic mass is 10.2. The van der Waals surface area contributed by atoms with Gasteiger partial charge in [0.25, 0.3) is 0 Å². The highest BCUT2D eigenvalue weighted by Gasteiger charge is 2.27. The van der Waals surface area contributed by atoms with Crippen LogP contribution in [0.5, 0.6) is 0 Å². The van der Waals surface area contributed by atoms with E-state index in [1.807, 2.05) is 6.92 Å². The number of aromatic nitrogens is 3. The highest BCUT2D eigenvalue weighted by molar-refractivity contribution is 5.06. The Morgan fingerprint density at radius 1 is 1.67 bits per heavy atom. The molecule has 1 aliphatic rings. The number of hydrogen-bond donors (Lipinski definition) is 2. The monoisotopic (exact) mass is 166 g/mol. The van der Waals surface area contributed by atoms with Gasteiger partial charge in [-0.2, -0.15) is 5.10 Å². The van der Waals surface area contributed by atoms with Crippen molar-refractivity contribution in [3.05, 3.63) is 11.6 Å². The van der Waals surface area contributed by atoms with E-state index in [9.17, 15) is 0 Å². The van der Waals surface area contributed by atoms with Gasteiger partial charge in [0.1, 0.15) is 5.82 Å². The topological polar surface area (TPSA) is 67.6 Å². The molecule has 0 saturated heterocycles. The van der Waals surface area contributed by atoms with Crippen molar-refractivity contribution in [1.29, 1.82) is 0 Å². The van der Waals surface area contributed by atoms with E-state index in [-0.39, 0.29) is 6.04 Å². The van der Waals surface area contributed by atoms with Gasteiger partial charge in [-0.1, -0.05) is 6.92 Å². The molecule has 0 aromatic carbocycles. The molecule has 12 heavy (non-hydrogen) atoms. The highest BCUT2D eigenvalue weighted by atomic mass is 15.2. The van der Waals surface area contributed by atoms with E-state index in [4.69, 9.17) is 5.73 Å². The van der Waals surface area contributed by atoms with Gasteiger partial charge in [-0.15, -0.1) is 0 Å². The molecule has 1 fully saturated rings. The van der Waals surface area contributed by atoms with Gasteiger partial charge in [0.15, 0.2) is 5.82 Å². The third kappa shape index (κ3) is 1.34. The quantitative estimate of drug-likeness (QED) is 0.706. The van der Waals surface area contributed by atoms with Gasteiger partial charge in [0.05, 0.1) is 6.04 Å². The summed E-state index contributed by atoms with van der Waals surface area (Å²) < 4.78 is 0. The summed E-state index contributed by atoms with van der Waals surface area (Å²) in [6.45, 7) is 2.04. The minimum absolute atomic E-state index is 0.00579. The second-order valence-electron chi connectivity index (χ2n) is 3.37. The van der Waals surface area contributed by atoms with Gasteiger partial charge in [-0.3, -0.25) is 5.10 Å². The van der Waals surface area contributed by atoms with Gasteiger partial charge in [0.2, 0.25) is 0 Å². The van der Waals surface area contributed by atoms with Crippen LogP contribution in [0.1, 0.15) is 49.8 Å². The molecule has 0 spiro atoms. The molecule has 4 heteroatoms. The van der Waals surface area contributed by atoms with Crippen LogP contribution in [0.2, 0.25) is 0 Å². The maximum atomic E-state index is 5.78. The summed E-state index contributed by atoms with van der Waals surface area (Å²) in [5.41, 5.74) is 5.78. The summed E-state index contributed by atoms with van der Waals surface area (Å²) in [5.74, 6) is 2.42. The first-order valence-corrected chi connectivity index (χ1v) is 4.49. The van der Waals surface area contributed by atoms with Gasteiger partial charge >= 0.3 is 0 Å². The largest absolute Gasteiger partial charge is 0.321 e. The Morgan fingerprint density at radius 2 is 2.42 bits per heavy atom. The molecule has 2 rings (SSSR count). The van der Waals surface area contributed by atoms with E-state index in [0.717, 1.165) is 18.1 Å². The van der Waals surface area contributed by atoms with Crippen LogP contribution in [-0.2, 0) is 0 Å². The Morgan fingerprint density at radius 3 is 3.00 bits per heavy atom. The zero-order valence-electron chi connectivity index (χ0n) is 7.25. The van der Waals surface area contributed by atoms with E-state index < -0.39 is 0 Å². The molecule has 1 aromatic rings. The molecule has 1 aliphatic carbocycles. The fourth-order valence-corrected chi connectivity index (χ4v) is 1.18. The number of nitrogens with one attached hydrogen (secondary N) is 1. The SMILES string of the molecule is CC[C@@H](N)c1n[nH]c(C2CC2)n1. The van der Waals surface area contributed by atoms with Crippen LogP contribution in [0.3, 0.4) is 0 Å². The molecular formula is C8H14N4. The van der Waals surface area contributed by atoms with E-state index in [0.29, 0.717) is 5.92 Å². The standard InChI is InChI=1S/C8H14N4/c1-2-6(9)8-10-7(11-12-8)5-3-4-5/h5-6H,2-4,9H2,1H3,(H,10,11,12)/t6-/m1/s1. The predicted molar refractivity (Wildman–Crippen MR) is 45.6 cm³/mol.